The molecule has 1 aromatic carbocycles. The van der Waals surface area contributed by atoms with Crippen molar-refractivity contribution in [2.45, 2.75) is 16.7 Å². The van der Waals surface area contributed by atoms with Gasteiger partial charge in [0.1, 0.15) is 10.7 Å². The van der Waals surface area contributed by atoms with Crippen molar-refractivity contribution in [3.8, 4) is 0 Å². The molecule has 0 N–H and O–H groups in total. The van der Waals surface area contributed by atoms with Gasteiger partial charge in [-0.1, -0.05) is 0 Å². The van der Waals surface area contributed by atoms with Crippen LogP contribution in [0.3, 0.4) is 0 Å². The molecule has 0 heterocycles. The molecule has 0 aliphatic carbocycles. The van der Waals surface area contributed by atoms with Gasteiger partial charge in [0.25, 0.3) is 18.1 Å². The first-order valence-corrected chi connectivity index (χ1v) is 8.35. The lowest BCUT2D eigenvalue weighted by Gasteiger charge is -2.05. The van der Waals surface area contributed by atoms with Gasteiger partial charge in [0.15, 0.2) is 0 Å². The smallest absolute Gasteiger partial charge is 0.207 e. The summed E-state index contributed by atoms with van der Waals surface area (Å²) in [5, 5.41) is 0. The molecule has 0 aromatic heterocycles. The Hall–Kier alpha value is -0.370. The summed E-state index contributed by atoms with van der Waals surface area (Å²) in [6.07, 6.45) is 0. The highest BCUT2D eigenvalue weighted by Crippen LogP contribution is 2.27. The van der Waals surface area contributed by atoms with Crippen molar-refractivity contribution in [1.29, 1.82) is 0 Å². The molecular formula is C7H5Cl2FO4S2. The second kappa shape index (κ2) is 4.14. The highest BCUT2D eigenvalue weighted by molar-refractivity contribution is 8.14. The van der Waals surface area contributed by atoms with Crippen LogP contribution in [0.4, 0.5) is 4.39 Å². The second-order valence-corrected chi connectivity index (χ2v) is 7.99. The molecule has 16 heavy (non-hydrogen) atoms. The highest BCUT2D eigenvalue weighted by atomic mass is 35.7. The van der Waals surface area contributed by atoms with Crippen LogP contribution in [0.15, 0.2) is 21.9 Å². The lowest BCUT2D eigenvalue weighted by Crippen LogP contribution is -2.02. The molecule has 0 fully saturated rings. The predicted octanol–water partition coefficient (Wildman–Crippen LogP) is 1.99. The van der Waals surface area contributed by atoms with E-state index < -0.39 is 33.7 Å². The summed E-state index contributed by atoms with van der Waals surface area (Å²) >= 11 is 0. The molecule has 1 aromatic rings. The van der Waals surface area contributed by atoms with Crippen LogP contribution < -0.4 is 0 Å². The van der Waals surface area contributed by atoms with Crippen molar-refractivity contribution < 1.29 is 21.2 Å². The molecule has 4 nitrogen and oxygen atoms in total. The summed E-state index contributed by atoms with van der Waals surface area (Å²) in [6, 6.07) is 1.33. The van der Waals surface area contributed by atoms with E-state index in [1.54, 1.807) is 0 Å². The van der Waals surface area contributed by atoms with Crippen molar-refractivity contribution in [2.24, 2.45) is 0 Å². The van der Waals surface area contributed by atoms with Gasteiger partial charge >= 0.3 is 0 Å². The standard InChI is InChI=1S/C7H5Cl2FO4S2/c1-4-2-5(10)7(16(9,13)14)3-6(4)15(8,11)12/h2-3H,1H3. The Morgan fingerprint density at radius 3 is 1.81 bits per heavy atom. The maximum absolute atomic E-state index is 13.2. The third-order valence-corrected chi connectivity index (χ3v) is 4.56. The molecule has 0 spiro atoms. The fourth-order valence-electron chi connectivity index (χ4n) is 1.08. The summed E-state index contributed by atoms with van der Waals surface area (Å²) in [7, 11) is 1.47. The van der Waals surface area contributed by atoms with Crippen molar-refractivity contribution >= 4 is 39.5 Å². The van der Waals surface area contributed by atoms with E-state index >= 15 is 0 Å². The van der Waals surface area contributed by atoms with Gasteiger partial charge in [0, 0.05) is 21.4 Å². The minimum atomic E-state index is -4.36. The molecule has 1 rings (SSSR count). The third kappa shape index (κ3) is 2.85. The molecule has 0 aliphatic rings. The summed E-state index contributed by atoms with van der Waals surface area (Å²) in [6.45, 7) is 1.28. The summed E-state index contributed by atoms with van der Waals surface area (Å²) in [4.78, 5) is -1.41. The van der Waals surface area contributed by atoms with Crippen LogP contribution in [-0.4, -0.2) is 16.8 Å². The number of halogens is 3. The summed E-state index contributed by atoms with van der Waals surface area (Å²) < 4.78 is 57.2. The lowest BCUT2D eigenvalue weighted by molar-refractivity contribution is 0.571. The number of aryl methyl sites for hydroxylation is 1. The van der Waals surface area contributed by atoms with Crippen LogP contribution in [0.5, 0.6) is 0 Å². The van der Waals surface area contributed by atoms with E-state index in [4.69, 9.17) is 21.4 Å². The Labute approximate surface area is 101 Å². The van der Waals surface area contributed by atoms with Gasteiger partial charge in [0.05, 0.1) is 4.90 Å². The van der Waals surface area contributed by atoms with E-state index in [0.717, 1.165) is 6.07 Å². The zero-order valence-corrected chi connectivity index (χ0v) is 10.9. The monoisotopic (exact) mass is 306 g/mol. The van der Waals surface area contributed by atoms with Gasteiger partial charge in [-0.2, -0.15) is 0 Å². The first-order chi connectivity index (χ1) is 7.03. The molecular weight excluding hydrogens is 302 g/mol. The van der Waals surface area contributed by atoms with Crippen LogP contribution in [-0.2, 0) is 18.1 Å². The Bertz CT molecular complexity index is 583. The van der Waals surface area contributed by atoms with Crippen molar-refractivity contribution in [3.63, 3.8) is 0 Å². The van der Waals surface area contributed by atoms with Crippen molar-refractivity contribution in [1.82, 2.24) is 0 Å². The van der Waals surface area contributed by atoms with E-state index in [9.17, 15) is 21.2 Å². The van der Waals surface area contributed by atoms with Crippen molar-refractivity contribution in [3.05, 3.63) is 23.5 Å². The number of hydrogen-bond acceptors (Lipinski definition) is 4. The zero-order chi connectivity index (χ0) is 12.7. The average Bonchev–Trinajstić information content (AvgIpc) is 1.97. The molecule has 0 unspecified atom stereocenters. The number of benzene rings is 1. The molecule has 0 atom stereocenters. The topological polar surface area (TPSA) is 68.3 Å². The Morgan fingerprint density at radius 1 is 1.00 bits per heavy atom. The van der Waals surface area contributed by atoms with Crippen LogP contribution in [0.25, 0.3) is 0 Å². The Kier molecular flexibility index (Phi) is 3.54. The van der Waals surface area contributed by atoms with Crippen molar-refractivity contribution in [2.75, 3.05) is 0 Å². The molecule has 90 valence electrons. The molecule has 0 saturated heterocycles. The predicted molar refractivity (Wildman–Crippen MR) is 57.2 cm³/mol. The zero-order valence-electron chi connectivity index (χ0n) is 7.74. The van der Waals surface area contributed by atoms with Gasteiger partial charge in [-0.3, -0.25) is 0 Å². The SMILES string of the molecule is Cc1cc(F)c(S(=O)(=O)Cl)cc1S(=O)(=O)Cl. The number of hydrogen-bond donors (Lipinski definition) is 0. The third-order valence-electron chi connectivity index (χ3n) is 1.75. The maximum atomic E-state index is 13.2. The molecule has 0 bridgehead atoms. The molecule has 0 saturated carbocycles. The summed E-state index contributed by atoms with van der Waals surface area (Å²) in [5.41, 5.74) is -0.00318. The van der Waals surface area contributed by atoms with Gasteiger partial charge in [0.2, 0.25) is 0 Å². The Morgan fingerprint density at radius 2 is 1.44 bits per heavy atom. The van der Waals surface area contributed by atoms with E-state index in [2.05, 4.69) is 0 Å². The minimum absolute atomic E-state index is 0.00318. The quantitative estimate of drug-likeness (QED) is 0.784. The minimum Gasteiger partial charge on any atom is -0.207 e. The first kappa shape index (κ1) is 13.7. The molecule has 0 radical (unpaired) electrons. The lowest BCUT2D eigenvalue weighted by atomic mass is 10.2. The van der Waals surface area contributed by atoms with Crippen LogP contribution >= 0.6 is 21.4 Å². The highest BCUT2D eigenvalue weighted by Gasteiger charge is 2.22. The molecule has 9 heteroatoms. The molecule has 0 aliphatic heterocycles. The Balaban J connectivity index is 3.72. The van der Waals surface area contributed by atoms with E-state index in [0.29, 0.717) is 6.07 Å². The molecule has 0 amide bonds. The first-order valence-electron chi connectivity index (χ1n) is 3.73. The average molecular weight is 307 g/mol. The number of rotatable bonds is 2. The van der Waals surface area contributed by atoms with E-state index in [-0.39, 0.29) is 5.56 Å². The van der Waals surface area contributed by atoms with Gasteiger partial charge in [-0.25, -0.2) is 21.2 Å². The van der Waals surface area contributed by atoms with Crippen LogP contribution in [0.2, 0.25) is 0 Å². The summed E-state index contributed by atoms with van der Waals surface area (Å²) in [5.74, 6) is -1.13. The van der Waals surface area contributed by atoms with E-state index in [1.807, 2.05) is 0 Å². The fourth-order valence-corrected chi connectivity index (χ4v) is 3.26. The van der Waals surface area contributed by atoms with Crippen LogP contribution in [0.1, 0.15) is 5.56 Å². The normalized spacial score (nSPS) is 12.8. The fraction of sp³-hybridized carbons (Fsp3) is 0.143. The van der Waals surface area contributed by atoms with Gasteiger partial charge in [-0.05, 0) is 24.6 Å². The van der Waals surface area contributed by atoms with E-state index in [1.165, 1.54) is 6.92 Å². The second-order valence-electron chi connectivity index (χ2n) is 2.92. The largest absolute Gasteiger partial charge is 0.264 e. The van der Waals surface area contributed by atoms with Gasteiger partial charge in [-0.15, -0.1) is 0 Å². The van der Waals surface area contributed by atoms with Crippen LogP contribution in [0, 0.1) is 12.7 Å². The maximum Gasteiger partial charge on any atom is 0.264 e. The van der Waals surface area contributed by atoms with Gasteiger partial charge < -0.3 is 0 Å².